The first-order valence-electron chi connectivity index (χ1n) is 13.5. The van der Waals surface area contributed by atoms with Crippen LogP contribution in [0.25, 0.3) is 22.0 Å². The van der Waals surface area contributed by atoms with E-state index >= 15 is 0 Å². The second-order valence-corrected chi connectivity index (χ2v) is 13.0. The lowest BCUT2D eigenvalue weighted by Crippen LogP contribution is -2.50. The maximum absolute atomic E-state index is 14.3. The topological polar surface area (TPSA) is 127 Å². The van der Waals surface area contributed by atoms with E-state index in [1.54, 1.807) is 17.0 Å². The number of aromatic nitrogens is 3. The molecule has 1 saturated heterocycles. The van der Waals surface area contributed by atoms with Crippen LogP contribution in [0.3, 0.4) is 0 Å². The van der Waals surface area contributed by atoms with Crippen LogP contribution in [0, 0.1) is 11.6 Å². The van der Waals surface area contributed by atoms with E-state index in [2.05, 4.69) is 19.7 Å². The molecule has 1 aliphatic rings. The minimum absolute atomic E-state index is 0.0559. The molecule has 1 N–H and O–H groups in total. The quantitative estimate of drug-likeness (QED) is 0.271. The van der Waals surface area contributed by atoms with Crippen LogP contribution in [-0.2, 0) is 14.8 Å². The van der Waals surface area contributed by atoms with Crippen LogP contribution < -0.4 is 14.4 Å². The van der Waals surface area contributed by atoms with Gasteiger partial charge in [0.2, 0.25) is 11.2 Å². The fraction of sp³-hybridized carbons (Fsp3) is 0.310. The number of methoxy groups -OCH3 is 1. The third-order valence-corrected chi connectivity index (χ3v) is 8.25. The molecule has 0 spiro atoms. The fourth-order valence-corrected chi connectivity index (χ4v) is 5.95. The van der Waals surface area contributed by atoms with Crippen molar-refractivity contribution in [2.45, 2.75) is 31.3 Å². The van der Waals surface area contributed by atoms with E-state index in [-0.39, 0.29) is 22.9 Å². The first kappa shape index (κ1) is 31.1. The van der Waals surface area contributed by atoms with Crippen molar-refractivity contribution >= 4 is 50.1 Å². The molecule has 0 radical (unpaired) electrons. The summed E-state index contributed by atoms with van der Waals surface area (Å²) in [6.45, 7) is 7.22. The molecule has 11 nitrogen and oxygen atoms in total. The number of piperazine rings is 1. The smallest absolute Gasteiger partial charge is 0.410 e. The first-order valence-corrected chi connectivity index (χ1v) is 15.3. The Morgan fingerprint density at radius 3 is 2.39 bits per heavy atom. The predicted octanol–water partition coefficient (Wildman–Crippen LogP) is 5.49. The largest absolute Gasteiger partial charge is 0.480 e. The lowest BCUT2D eigenvalue weighted by Gasteiger charge is -2.36. The van der Waals surface area contributed by atoms with Gasteiger partial charge in [-0.1, -0.05) is 6.07 Å². The molecule has 5 rings (SSSR count). The minimum atomic E-state index is -4.46. The van der Waals surface area contributed by atoms with Crippen LogP contribution >= 0.6 is 11.6 Å². The van der Waals surface area contributed by atoms with Crippen molar-refractivity contribution in [1.82, 2.24) is 19.9 Å². The summed E-state index contributed by atoms with van der Waals surface area (Å²) >= 11 is 6.27. The second-order valence-electron chi connectivity index (χ2n) is 11.0. The maximum atomic E-state index is 14.3. The number of halogens is 3. The summed E-state index contributed by atoms with van der Waals surface area (Å²) in [5.41, 5.74) is 1.06. The number of hydrogen-bond donors (Lipinski definition) is 1. The molecule has 1 fully saturated rings. The van der Waals surface area contributed by atoms with E-state index in [0.717, 1.165) is 12.1 Å². The number of rotatable bonds is 6. The summed E-state index contributed by atoms with van der Waals surface area (Å²) in [5, 5.41) is 0.731. The molecule has 0 bridgehead atoms. The molecule has 3 heterocycles. The molecule has 0 saturated carbocycles. The molecule has 0 atom stereocenters. The number of anilines is 2. The highest BCUT2D eigenvalue weighted by Crippen LogP contribution is 2.34. The van der Waals surface area contributed by atoms with Crippen molar-refractivity contribution in [3.63, 3.8) is 0 Å². The van der Waals surface area contributed by atoms with E-state index in [4.69, 9.17) is 21.1 Å². The molecule has 2 aromatic heterocycles. The van der Waals surface area contributed by atoms with Gasteiger partial charge in [-0.3, -0.25) is 4.72 Å². The molecule has 232 valence electrons. The van der Waals surface area contributed by atoms with Crippen LogP contribution in [0.1, 0.15) is 20.8 Å². The van der Waals surface area contributed by atoms with E-state index < -0.39 is 32.2 Å². The van der Waals surface area contributed by atoms with Crippen molar-refractivity contribution < 1.29 is 31.5 Å². The Bertz CT molecular complexity index is 1850. The number of amides is 1. The number of carbonyl (C=O) groups is 1. The average molecular weight is 647 g/mol. The number of nitrogens with one attached hydrogen (secondary N) is 1. The zero-order valence-electron chi connectivity index (χ0n) is 24.3. The normalized spacial score (nSPS) is 14.1. The molecule has 0 aliphatic carbocycles. The van der Waals surface area contributed by atoms with Crippen molar-refractivity contribution in [2.75, 3.05) is 42.9 Å². The Morgan fingerprint density at radius 1 is 1.00 bits per heavy atom. The second kappa shape index (κ2) is 12.0. The maximum Gasteiger partial charge on any atom is 0.410 e. The van der Waals surface area contributed by atoms with Crippen LogP contribution in [0.15, 0.2) is 53.6 Å². The Morgan fingerprint density at radius 2 is 1.73 bits per heavy atom. The molecular formula is C29H29ClF2N6O5S. The summed E-state index contributed by atoms with van der Waals surface area (Å²) in [6.07, 6.45) is 1.11. The molecular weight excluding hydrogens is 618 g/mol. The van der Waals surface area contributed by atoms with Crippen molar-refractivity contribution in [1.29, 1.82) is 0 Å². The first-order chi connectivity index (χ1) is 20.7. The highest BCUT2D eigenvalue weighted by molar-refractivity contribution is 7.92. The third-order valence-electron chi connectivity index (χ3n) is 6.68. The summed E-state index contributed by atoms with van der Waals surface area (Å²) < 4.78 is 66.7. The lowest BCUT2D eigenvalue weighted by atomic mass is 10.0. The van der Waals surface area contributed by atoms with Gasteiger partial charge in [0.15, 0.2) is 0 Å². The van der Waals surface area contributed by atoms with Crippen LogP contribution in [-0.4, -0.2) is 73.3 Å². The van der Waals surface area contributed by atoms with Gasteiger partial charge in [-0.25, -0.2) is 32.0 Å². The number of benzene rings is 2. The molecule has 15 heteroatoms. The van der Waals surface area contributed by atoms with Crippen LogP contribution in [0.5, 0.6) is 5.88 Å². The molecule has 2 aromatic carbocycles. The van der Waals surface area contributed by atoms with Gasteiger partial charge in [0.1, 0.15) is 33.6 Å². The Kier molecular flexibility index (Phi) is 8.49. The number of nitrogens with zero attached hydrogens (tertiary/aromatic N) is 5. The average Bonchev–Trinajstić information content (AvgIpc) is 2.95. The number of pyridine rings is 1. The zero-order valence-corrected chi connectivity index (χ0v) is 25.8. The van der Waals surface area contributed by atoms with Gasteiger partial charge in [0, 0.05) is 49.4 Å². The van der Waals surface area contributed by atoms with Gasteiger partial charge in [-0.15, -0.1) is 0 Å². The fourth-order valence-electron chi connectivity index (χ4n) is 4.67. The van der Waals surface area contributed by atoms with Crippen molar-refractivity contribution in [3.05, 3.63) is 65.6 Å². The number of carbonyl (C=O) groups excluding carboxylic acids is 1. The number of fused-ring (bicyclic) bond motifs is 1. The van der Waals surface area contributed by atoms with E-state index in [1.807, 2.05) is 31.7 Å². The van der Waals surface area contributed by atoms with Crippen LogP contribution in [0.4, 0.5) is 25.1 Å². The summed E-state index contributed by atoms with van der Waals surface area (Å²) in [5.74, 6) is -1.64. The molecule has 1 amide bonds. The molecule has 0 unspecified atom stereocenters. The summed E-state index contributed by atoms with van der Waals surface area (Å²) in [7, 11) is -3.15. The van der Waals surface area contributed by atoms with Crippen molar-refractivity contribution in [2.24, 2.45) is 0 Å². The van der Waals surface area contributed by atoms with E-state index in [1.165, 1.54) is 19.4 Å². The zero-order chi connectivity index (χ0) is 31.8. The van der Waals surface area contributed by atoms with E-state index in [9.17, 15) is 22.0 Å². The highest BCUT2D eigenvalue weighted by Gasteiger charge is 2.28. The van der Waals surface area contributed by atoms with Gasteiger partial charge in [-0.05, 0) is 68.3 Å². The predicted molar refractivity (Wildman–Crippen MR) is 162 cm³/mol. The van der Waals surface area contributed by atoms with Gasteiger partial charge >= 0.3 is 6.09 Å². The Balaban J connectivity index is 1.46. The minimum Gasteiger partial charge on any atom is -0.480 e. The number of sulfonamides is 1. The van der Waals surface area contributed by atoms with Gasteiger partial charge in [0.25, 0.3) is 10.0 Å². The van der Waals surface area contributed by atoms with Gasteiger partial charge in [0.05, 0.1) is 12.6 Å². The monoisotopic (exact) mass is 646 g/mol. The Labute approximate surface area is 257 Å². The SMILES string of the molecule is COc1ncc(-c2ccc3nc(Cl)nc(N4CCN(C(=O)OC(C)(C)C)CC4)c3c2)cc1NS(=O)(=O)c1ccc(F)cc1F. The summed E-state index contributed by atoms with van der Waals surface area (Å²) in [6, 6.07) is 8.99. The number of ether oxygens (including phenoxy) is 2. The Hall–Kier alpha value is -4.30. The summed E-state index contributed by atoms with van der Waals surface area (Å²) in [4.78, 5) is 28.5. The number of hydrogen-bond acceptors (Lipinski definition) is 9. The highest BCUT2D eigenvalue weighted by atomic mass is 35.5. The van der Waals surface area contributed by atoms with Crippen LogP contribution in [0.2, 0.25) is 5.28 Å². The van der Waals surface area contributed by atoms with E-state index in [0.29, 0.717) is 60.1 Å². The third kappa shape index (κ3) is 6.76. The molecule has 44 heavy (non-hydrogen) atoms. The lowest BCUT2D eigenvalue weighted by molar-refractivity contribution is 0.0240. The van der Waals surface area contributed by atoms with Gasteiger partial charge in [-0.2, -0.15) is 4.98 Å². The standard InChI is InChI=1S/C29H29ClF2N6O5S/c1-29(2,3)43-28(39)38-11-9-37(10-12-38)25-20-13-17(5-7-22(20)34-27(30)35-25)18-14-23(26(42-4)33-16-18)36-44(40,41)24-8-6-19(31)15-21(24)32/h5-8,13-16,36H,9-12H2,1-4H3. The van der Waals surface area contributed by atoms with Gasteiger partial charge < -0.3 is 19.3 Å². The molecule has 1 aliphatic heterocycles. The molecule has 4 aromatic rings. The van der Waals surface area contributed by atoms with Crippen molar-refractivity contribution in [3.8, 4) is 17.0 Å².